The van der Waals surface area contributed by atoms with Gasteiger partial charge in [0.25, 0.3) is 0 Å². The maximum atomic E-state index is 3.49. The lowest BCUT2D eigenvalue weighted by Gasteiger charge is -2.20. The summed E-state index contributed by atoms with van der Waals surface area (Å²) in [5.74, 6) is 0. The third kappa shape index (κ3) is 10.6. The highest BCUT2D eigenvalue weighted by Crippen LogP contribution is 2.13. The number of hydrogen-bond donors (Lipinski definition) is 3. The van der Waals surface area contributed by atoms with Crippen LogP contribution in [0, 0.1) is 0 Å². The fraction of sp³-hybridized carbons (Fsp3) is 1.00. The summed E-state index contributed by atoms with van der Waals surface area (Å²) in [6.45, 7) is 4.54. The van der Waals surface area contributed by atoms with Crippen LogP contribution >= 0.6 is 0 Å². The van der Waals surface area contributed by atoms with E-state index >= 15 is 0 Å². The maximum Gasteiger partial charge on any atom is 0.00640 e. The third-order valence-corrected chi connectivity index (χ3v) is 4.51. The van der Waals surface area contributed by atoms with Crippen molar-refractivity contribution >= 4 is 0 Å². The van der Waals surface area contributed by atoms with Crippen LogP contribution in [0.15, 0.2) is 0 Å². The summed E-state index contributed by atoms with van der Waals surface area (Å²) in [5, 5.41) is 10.3. The molecular weight excluding hydrogens is 246 g/mol. The van der Waals surface area contributed by atoms with Crippen LogP contribution in [0.2, 0.25) is 0 Å². The molecule has 0 aromatic carbocycles. The monoisotopic (exact) mass is 285 g/mol. The summed E-state index contributed by atoms with van der Waals surface area (Å²) in [6, 6.07) is 2.06. The first kappa shape index (κ1) is 19.9. The summed E-state index contributed by atoms with van der Waals surface area (Å²) in [4.78, 5) is 0. The molecule has 0 aliphatic heterocycles. The molecule has 122 valence electrons. The Bertz CT molecular complexity index is 197. The molecule has 0 amide bonds. The van der Waals surface area contributed by atoms with Crippen LogP contribution in [-0.4, -0.2) is 39.3 Å². The lowest BCUT2D eigenvalue weighted by molar-refractivity contribution is 0.399. The SMILES string of the molecule is CCCCC(CCCC(CCCC(C)NC)NC)NC. The molecule has 3 heteroatoms. The molecule has 0 saturated carbocycles. The fourth-order valence-corrected chi connectivity index (χ4v) is 2.74. The Balaban J connectivity index is 3.71. The molecule has 3 nitrogen and oxygen atoms in total. The molecule has 0 bridgehead atoms. The Morgan fingerprint density at radius 2 is 1.10 bits per heavy atom. The van der Waals surface area contributed by atoms with Crippen LogP contribution in [-0.2, 0) is 0 Å². The number of rotatable bonds is 14. The molecule has 20 heavy (non-hydrogen) atoms. The molecule has 3 unspecified atom stereocenters. The molecule has 3 N–H and O–H groups in total. The van der Waals surface area contributed by atoms with Crippen molar-refractivity contribution in [3.8, 4) is 0 Å². The molecule has 0 heterocycles. The molecule has 0 aliphatic rings. The van der Waals surface area contributed by atoms with E-state index in [1.165, 1.54) is 57.8 Å². The second kappa shape index (κ2) is 13.8. The standard InChI is InChI=1S/C17H39N3/c1-6-7-11-16(19-4)13-9-14-17(20-5)12-8-10-15(2)18-3/h15-20H,6-14H2,1-5H3. The van der Waals surface area contributed by atoms with Gasteiger partial charge >= 0.3 is 0 Å². The van der Waals surface area contributed by atoms with Crippen molar-refractivity contribution in [1.82, 2.24) is 16.0 Å². The van der Waals surface area contributed by atoms with Gasteiger partial charge in [0.2, 0.25) is 0 Å². The van der Waals surface area contributed by atoms with Gasteiger partial charge in [-0.15, -0.1) is 0 Å². The maximum absolute atomic E-state index is 3.49. The minimum absolute atomic E-state index is 0.648. The largest absolute Gasteiger partial charge is 0.317 e. The number of hydrogen-bond acceptors (Lipinski definition) is 3. The fourth-order valence-electron chi connectivity index (χ4n) is 2.74. The number of nitrogens with one attached hydrogen (secondary N) is 3. The molecule has 0 aliphatic carbocycles. The van der Waals surface area contributed by atoms with Crippen molar-refractivity contribution in [2.45, 2.75) is 89.8 Å². The molecule has 0 aromatic heterocycles. The van der Waals surface area contributed by atoms with E-state index in [1.807, 2.05) is 0 Å². The zero-order valence-corrected chi connectivity index (χ0v) is 14.6. The van der Waals surface area contributed by atoms with Crippen LogP contribution < -0.4 is 16.0 Å². The van der Waals surface area contributed by atoms with Gasteiger partial charge in [0.15, 0.2) is 0 Å². The highest BCUT2D eigenvalue weighted by Gasteiger charge is 2.10. The first-order valence-corrected chi connectivity index (χ1v) is 8.69. The Kier molecular flexibility index (Phi) is 13.8. The van der Waals surface area contributed by atoms with Gasteiger partial charge in [-0.25, -0.2) is 0 Å². The summed E-state index contributed by atoms with van der Waals surface area (Å²) < 4.78 is 0. The Labute approximate surface area is 127 Å². The second-order valence-electron chi connectivity index (χ2n) is 6.16. The van der Waals surface area contributed by atoms with Gasteiger partial charge in [0.05, 0.1) is 0 Å². The first-order valence-electron chi connectivity index (χ1n) is 8.69. The normalized spacial score (nSPS) is 16.1. The van der Waals surface area contributed by atoms with Crippen LogP contribution in [0.1, 0.15) is 71.6 Å². The Morgan fingerprint density at radius 3 is 1.50 bits per heavy atom. The van der Waals surface area contributed by atoms with Crippen LogP contribution in [0.4, 0.5) is 0 Å². The molecule has 0 spiro atoms. The van der Waals surface area contributed by atoms with E-state index in [9.17, 15) is 0 Å². The molecule has 0 rings (SSSR count). The van der Waals surface area contributed by atoms with Gasteiger partial charge in [-0.2, -0.15) is 0 Å². The van der Waals surface area contributed by atoms with E-state index in [0.717, 1.165) is 6.04 Å². The zero-order valence-electron chi connectivity index (χ0n) is 14.6. The predicted molar refractivity (Wildman–Crippen MR) is 91.4 cm³/mol. The predicted octanol–water partition coefficient (Wildman–Crippen LogP) is 3.30. The Hall–Kier alpha value is -0.120. The summed E-state index contributed by atoms with van der Waals surface area (Å²) in [6.07, 6.45) is 11.9. The van der Waals surface area contributed by atoms with Crippen LogP contribution in [0.5, 0.6) is 0 Å². The average Bonchev–Trinajstić information content (AvgIpc) is 2.48. The van der Waals surface area contributed by atoms with Gasteiger partial charge in [0, 0.05) is 18.1 Å². The molecular formula is C17H39N3. The van der Waals surface area contributed by atoms with Gasteiger partial charge < -0.3 is 16.0 Å². The van der Waals surface area contributed by atoms with Crippen molar-refractivity contribution < 1.29 is 0 Å². The molecule has 0 fully saturated rings. The topological polar surface area (TPSA) is 36.1 Å². The highest BCUT2D eigenvalue weighted by molar-refractivity contribution is 4.70. The molecule has 0 saturated heterocycles. The van der Waals surface area contributed by atoms with E-state index in [1.54, 1.807) is 0 Å². The van der Waals surface area contributed by atoms with Gasteiger partial charge in [-0.05, 0) is 60.2 Å². The smallest absolute Gasteiger partial charge is 0.00640 e. The van der Waals surface area contributed by atoms with E-state index in [-0.39, 0.29) is 0 Å². The lowest BCUT2D eigenvalue weighted by atomic mass is 9.98. The van der Waals surface area contributed by atoms with E-state index < -0.39 is 0 Å². The second-order valence-corrected chi connectivity index (χ2v) is 6.16. The lowest BCUT2D eigenvalue weighted by Crippen LogP contribution is -2.28. The zero-order chi connectivity index (χ0) is 15.2. The van der Waals surface area contributed by atoms with E-state index in [4.69, 9.17) is 0 Å². The van der Waals surface area contributed by atoms with E-state index in [2.05, 4.69) is 50.9 Å². The quantitative estimate of drug-likeness (QED) is 0.458. The summed E-state index contributed by atoms with van der Waals surface area (Å²) in [5.41, 5.74) is 0. The summed E-state index contributed by atoms with van der Waals surface area (Å²) in [7, 11) is 6.27. The van der Waals surface area contributed by atoms with Gasteiger partial charge in [-0.3, -0.25) is 0 Å². The van der Waals surface area contributed by atoms with Crippen molar-refractivity contribution in [3.05, 3.63) is 0 Å². The molecule has 0 aromatic rings. The average molecular weight is 286 g/mol. The first-order chi connectivity index (χ1) is 9.67. The van der Waals surface area contributed by atoms with E-state index in [0.29, 0.717) is 12.1 Å². The van der Waals surface area contributed by atoms with Gasteiger partial charge in [-0.1, -0.05) is 32.6 Å². The molecule has 3 atom stereocenters. The van der Waals surface area contributed by atoms with Crippen molar-refractivity contribution in [3.63, 3.8) is 0 Å². The number of unbranched alkanes of at least 4 members (excludes halogenated alkanes) is 1. The van der Waals surface area contributed by atoms with Gasteiger partial charge in [0.1, 0.15) is 0 Å². The summed E-state index contributed by atoms with van der Waals surface area (Å²) >= 11 is 0. The van der Waals surface area contributed by atoms with Crippen LogP contribution in [0.3, 0.4) is 0 Å². The van der Waals surface area contributed by atoms with Crippen molar-refractivity contribution in [2.24, 2.45) is 0 Å². The minimum Gasteiger partial charge on any atom is -0.317 e. The van der Waals surface area contributed by atoms with Crippen molar-refractivity contribution in [1.29, 1.82) is 0 Å². The van der Waals surface area contributed by atoms with Crippen LogP contribution in [0.25, 0.3) is 0 Å². The van der Waals surface area contributed by atoms with Crippen molar-refractivity contribution in [2.75, 3.05) is 21.1 Å². The Morgan fingerprint density at radius 1 is 0.650 bits per heavy atom. The third-order valence-electron chi connectivity index (χ3n) is 4.51. The molecule has 0 radical (unpaired) electrons. The minimum atomic E-state index is 0.648. The highest BCUT2D eigenvalue weighted by atomic mass is 14.9.